The van der Waals surface area contributed by atoms with Crippen LogP contribution >= 0.6 is 11.6 Å². The molecule has 2 nitrogen and oxygen atoms in total. The molecule has 1 aliphatic carbocycles. The standard InChI is InChI=1S/C16H25ClN2/c1-12(13-8-5-4-6-9-13)18-15-11-7-10-14(17)16(15)19(2)3/h7,10-13,18H,4-6,8-9H2,1-3H3. The molecule has 3 heteroatoms. The molecule has 0 saturated heterocycles. The van der Waals surface area contributed by atoms with Crippen LogP contribution in [0.5, 0.6) is 0 Å². The van der Waals surface area contributed by atoms with E-state index in [1.165, 1.54) is 32.1 Å². The lowest BCUT2D eigenvalue weighted by molar-refractivity contribution is 0.328. The summed E-state index contributed by atoms with van der Waals surface area (Å²) < 4.78 is 0. The third kappa shape index (κ3) is 3.56. The van der Waals surface area contributed by atoms with Crippen molar-refractivity contribution in [1.82, 2.24) is 0 Å². The zero-order chi connectivity index (χ0) is 13.8. The van der Waals surface area contributed by atoms with Crippen molar-refractivity contribution < 1.29 is 0 Å². The van der Waals surface area contributed by atoms with Crippen molar-refractivity contribution in [2.75, 3.05) is 24.3 Å². The Bertz CT molecular complexity index is 411. The molecule has 19 heavy (non-hydrogen) atoms. The second kappa shape index (κ2) is 6.51. The number of nitrogens with zero attached hydrogens (tertiary/aromatic N) is 1. The van der Waals surface area contributed by atoms with E-state index < -0.39 is 0 Å². The van der Waals surface area contributed by atoms with Gasteiger partial charge in [0, 0.05) is 20.1 Å². The van der Waals surface area contributed by atoms with E-state index in [4.69, 9.17) is 11.6 Å². The molecular formula is C16H25ClN2. The minimum Gasteiger partial charge on any atom is -0.381 e. The van der Waals surface area contributed by atoms with Gasteiger partial charge in [-0.3, -0.25) is 0 Å². The van der Waals surface area contributed by atoms with Crippen molar-refractivity contribution >= 4 is 23.0 Å². The summed E-state index contributed by atoms with van der Waals surface area (Å²) in [5, 5.41) is 4.49. The fourth-order valence-electron chi connectivity index (χ4n) is 3.08. The van der Waals surface area contributed by atoms with Gasteiger partial charge in [-0.1, -0.05) is 36.9 Å². The van der Waals surface area contributed by atoms with Gasteiger partial charge in [0.2, 0.25) is 0 Å². The number of para-hydroxylation sites is 1. The predicted octanol–water partition coefficient (Wildman–Crippen LogP) is 4.79. The molecule has 1 N–H and O–H groups in total. The number of benzene rings is 1. The Kier molecular flexibility index (Phi) is 4.98. The topological polar surface area (TPSA) is 15.3 Å². The Morgan fingerprint density at radius 1 is 1.21 bits per heavy atom. The molecule has 1 atom stereocenters. The summed E-state index contributed by atoms with van der Waals surface area (Å²) in [5.74, 6) is 0.794. The monoisotopic (exact) mass is 280 g/mol. The molecule has 0 amide bonds. The molecule has 1 saturated carbocycles. The summed E-state index contributed by atoms with van der Waals surface area (Å²) in [4.78, 5) is 2.08. The fraction of sp³-hybridized carbons (Fsp3) is 0.625. The van der Waals surface area contributed by atoms with Crippen molar-refractivity contribution in [2.24, 2.45) is 5.92 Å². The van der Waals surface area contributed by atoms with Crippen LogP contribution in [0.3, 0.4) is 0 Å². The van der Waals surface area contributed by atoms with Crippen LogP contribution in [0.15, 0.2) is 18.2 Å². The molecule has 0 bridgehead atoms. The summed E-state index contributed by atoms with van der Waals surface area (Å²) in [6.07, 6.45) is 6.88. The van der Waals surface area contributed by atoms with Gasteiger partial charge >= 0.3 is 0 Å². The summed E-state index contributed by atoms with van der Waals surface area (Å²) in [7, 11) is 4.08. The summed E-state index contributed by atoms with van der Waals surface area (Å²) in [5.41, 5.74) is 2.24. The van der Waals surface area contributed by atoms with Gasteiger partial charge in [0.25, 0.3) is 0 Å². The molecular weight excluding hydrogens is 256 g/mol. The van der Waals surface area contributed by atoms with Crippen LogP contribution < -0.4 is 10.2 Å². The third-order valence-electron chi connectivity index (χ3n) is 4.17. The van der Waals surface area contributed by atoms with Crippen molar-refractivity contribution in [3.05, 3.63) is 23.2 Å². The molecule has 0 spiro atoms. The lowest BCUT2D eigenvalue weighted by atomic mass is 9.84. The highest BCUT2D eigenvalue weighted by molar-refractivity contribution is 6.34. The van der Waals surface area contributed by atoms with E-state index in [0.717, 1.165) is 22.3 Å². The quantitative estimate of drug-likeness (QED) is 0.853. The fourth-order valence-corrected chi connectivity index (χ4v) is 3.43. The highest BCUT2D eigenvalue weighted by Crippen LogP contribution is 2.35. The van der Waals surface area contributed by atoms with E-state index >= 15 is 0 Å². The van der Waals surface area contributed by atoms with Gasteiger partial charge in [0.1, 0.15) is 0 Å². The van der Waals surface area contributed by atoms with Gasteiger partial charge in [-0.2, -0.15) is 0 Å². The minimum atomic E-state index is 0.512. The Morgan fingerprint density at radius 3 is 2.53 bits per heavy atom. The normalized spacial score (nSPS) is 18.1. The highest BCUT2D eigenvalue weighted by atomic mass is 35.5. The van der Waals surface area contributed by atoms with Crippen molar-refractivity contribution in [2.45, 2.75) is 45.1 Å². The average molecular weight is 281 g/mol. The number of halogens is 1. The molecule has 106 valence electrons. The SMILES string of the molecule is CC(Nc1cccc(Cl)c1N(C)C)C1CCCCC1. The first-order valence-corrected chi connectivity index (χ1v) is 7.69. The number of rotatable bonds is 4. The van der Waals surface area contributed by atoms with E-state index in [-0.39, 0.29) is 0 Å². The van der Waals surface area contributed by atoms with E-state index in [0.29, 0.717) is 6.04 Å². The third-order valence-corrected chi connectivity index (χ3v) is 4.48. The van der Waals surface area contributed by atoms with Crippen LogP contribution in [-0.4, -0.2) is 20.1 Å². The average Bonchev–Trinajstić information content (AvgIpc) is 2.39. The van der Waals surface area contributed by atoms with Gasteiger partial charge < -0.3 is 10.2 Å². The van der Waals surface area contributed by atoms with Crippen LogP contribution in [0.1, 0.15) is 39.0 Å². The Balaban J connectivity index is 2.11. The number of hydrogen-bond donors (Lipinski definition) is 1. The highest BCUT2D eigenvalue weighted by Gasteiger charge is 2.21. The van der Waals surface area contributed by atoms with Gasteiger partial charge in [0.05, 0.1) is 16.4 Å². The lowest BCUT2D eigenvalue weighted by Crippen LogP contribution is -2.28. The molecule has 1 fully saturated rings. The first-order chi connectivity index (χ1) is 9.09. The Morgan fingerprint density at radius 2 is 1.89 bits per heavy atom. The molecule has 0 radical (unpaired) electrons. The molecule has 2 rings (SSSR count). The number of nitrogens with one attached hydrogen (secondary N) is 1. The van der Waals surface area contributed by atoms with Crippen LogP contribution in [0, 0.1) is 5.92 Å². The summed E-state index contributed by atoms with van der Waals surface area (Å²) in [6, 6.07) is 6.61. The molecule has 1 unspecified atom stereocenters. The molecule has 0 heterocycles. The zero-order valence-electron chi connectivity index (χ0n) is 12.2. The van der Waals surface area contributed by atoms with E-state index in [1.807, 2.05) is 26.2 Å². The maximum Gasteiger partial charge on any atom is 0.0786 e. The van der Waals surface area contributed by atoms with Gasteiger partial charge in [-0.25, -0.2) is 0 Å². The van der Waals surface area contributed by atoms with Crippen molar-refractivity contribution in [3.63, 3.8) is 0 Å². The molecule has 0 aliphatic heterocycles. The van der Waals surface area contributed by atoms with Crippen molar-refractivity contribution in [1.29, 1.82) is 0 Å². The first-order valence-electron chi connectivity index (χ1n) is 7.32. The van der Waals surface area contributed by atoms with Gasteiger partial charge in [-0.15, -0.1) is 0 Å². The maximum atomic E-state index is 6.31. The summed E-state index contributed by atoms with van der Waals surface area (Å²) in [6.45, 7) is 2.30. The lowest BCUT2D eigenvalue weighted by Gasteiger charge is -2.30. The predicted molar refractivity (Wildman–Crippen MR) is 85.4 cm³/mol. The molecule has 1 aromatic rings. The first kappa shape index (κ1) is 14.5. The molecule has 1 aliphatic rings. The van der Waals surface area contributed by atoms with Crippen LogP contribution in [0.4, 0.5) is 11.4 Å². The van der Waals surface area contributed by atoms with Crippen LogP contribution in [0.2, 0.25) is 5.02 Å². The summed E-state index contributed by atoms with van der Waals surface area (Å²) >= 11 is 6.31. The Hall–Kier alpha value is -0.890. The second-order valence-electron chi connectivity index (χ2n) is 5.86. The molecule has 0 aromatic heterocycles. The van der Waals surface area contributed by atoms with Crippen molar-refractivity contribution in [3.8, 4) is 0 Å². The zero-order valence-corrected chi connectivity index (χ0v) is 13.0. The molecule has 1 aromatic carbocycles. The second-order valence-corrected chi connectivity index (χ2v) is 6.27. The maximum absolute atomic E-state index is 6.31. The number of anilines is 2. The van der Waals surface area contributed by atoms with E-state index in [9.17, 15) is 0 Å². The minimum absolute atomic E-state index is 0.512. The Labute approximate surface area is 122 Å². The number of hydrogen-bond acceptors (Lipinski definition) is 2. The largest absolute Gasteiger partial charge is 0.381 e. The van der Waals surface area contributed by atoms with Crippen LogP contribution in [-0.2, 0) is 0 Å². The van der Waals surface area contributed by atoms with E-state index in [2.05, 4.69) is 23.2 Å². The van der Waals surface area contributed by atoms with Gasteiger partial charge in [0.15, 0.2) is 0 Å². The smallest absolute Gasteiger partial charge is 0.0786 e. The van der Waals surface area contributed by atoms with E-state index in [1.54, 1.807) is 0 Å². The van der Waals surface area contributed by atoms with Crippen LogP contribution in [0.25, 0.3) is 0 Å². The van der Waals surface area contributed by atoms with Gasteiger partial charge in [-0.05, 0) is 37.8 Å².